The van der Waals surface area contributed by atoms with Gasteiger partial charge in [0.15, 0.2) is 0 Å². The summed E-state index contributed by atoms with van der Waals surface area (Å²) in [5.41, 5.74) is 2.66. The van der Waals surface area contributed by atoms with Crippen LogP contribution in [0.25, 0.3) is 0 Å². The van der Waals surface area contributed by atoms with Crippen LogP contribution in [-0.2, 0) is 16.1 Å². The first-order chi connectivity index (χ1) is 12.5. The topological polar surface area (TPSA) is 52.7 Å². The van der Waals surface area contributed by atoms with Gasteiger partial charge in [0.25, 0.3) is 0 Å². The quantitative estimate of drug-likeness (QED) is 0.845. The number of benzene rings is 2. The lowest BCUT2D eigenvalue weighted by Crippen LogP contribution is -2.29. The molecule has 1 N–H and O–H groups in total. The van der Waals surface area contributed by atoms with Gasteiger partial charge in [0.1, 0.15) is 0 Å². The van der Waals surface area contributed by atoms with E-state index in [1.54, 1.807) is 4.90 Å². The molecular formula is C20H22ClN3O2. The van der Waals surface area contributed by atoms with Gasteiger partial charge in [-0.15, -0.1) is 0 Å². The molecule has 1 fully saturated rings. The molecule has 0 saturated carbocycles. The predicted octanol–water partition coefficient (Wildman–Crippen LogP) is 3.54. The molecule has 136 valence electrons. The predicted molar refractivity (Wildman–Crippen MR) is 104 cm³/mol. The molecule has 2 aromatic carbocycles. The highest BCUT2D eigenvalue weighted by Gasteiger charge is 2.21. The van der Waals surface area contributed by atoms with Crippen LogP contribution in [0.4, 0.5) is 11.4 Å². The molecule has 5 nitrogen and oxygen atoms in total. The van der Waals surface area contributed by atoms with Gasteiger partial charge in [-0.2, -0.15) is 0 Å². The van der Waals surface area contributed by atoms with Gasteiger partial charge in [-0.1, -0.05) is 23.7 Å². The summed E-state index contributed by atoms with van der Waals surface area (Å²) in [6.07, 6.45) is 1.51. The first-order valence-corrected chi connectivity index (χ1v) is 9.02. The van der Waals surface area contributed by atoms with Gasteiger partial charge in [0, 0.05) is 35.9 Å². The van der Waals surface area contributed by atoms with Gasteiger partial charge in [0.05, 0.1) is 6.54 Å². The molecule has 3 rings (SSSR count). The standard InChI is InChI=1S/C20H22ClN3O2/c1-23(13-15-4-2-5-16(21)12-15)14-19(25)22-17-7-9-18(10-8-17)24-11-3-6-20(24)26/h2,4-5,7-10,12H,3,6,11,13-14H2,1H3,(H,22,25). The maximum Gasteiger partial charge on any atom is 0.238 e. The number of likely N-dealkylation sites (N-methyl/N-ethyl adjacent to an activating group) is 1. The zero-order valence-electron chi connectivity index (χ0n) is 14.7. The average molecular weight is 372 g/mol. The molecule has 26 heavy (non-hydrogen) atoms. The molecule has 0 aliphatic carbocycles. The Morgan fingerprint density at radius 1 is 1.23 bits per heavy atom. The number of hydrogen-bond donors (Lipinski definition) is 1. The Hall–Kier alpha value is -2.37. The molecule has 6 heteroatoms. The van der Waals surface area contributed by atoms with E-state index in [-0.39, 0.29) is 18.4 Å². The zero-order chi connectivity index (χ0) is 18.5. The van der Waals surface area contributed by atoms with E-state index in [2.05, 4.69) is 5.32 Å². The molecule has 0 radical (unpaired) electrons. The van der Waals surface area contributed by atoms with E-state index in [9.17, 15) is 9.59 Å². The second kappa shape index (κ2) is 8.34. The normalized spacial score (nSPS) is 14.1. The second-order valence-electron chi connectivity index (χ2n) is 6.55. The molecule has 1 aliphatic rings. The molecule has 1 aliphatic heterocycles. The van der Waals surface area contributed by atoms with E-state index in [0.29, 0.717) is 18.0 Å². The number of carbonyl (C=O) groups excluding carboxylic acids is 2. The third-order valence-electron chi connectivity index (χ3n) is 4.29. The number of nitrogens with zero attached hydrogens (tertiary/aromatic N) is 2. The highest BCUT2D eigenvalue weighted by atomic mass is 35.5. The Labute approximate surface area is 158 Å². The Kier molecular flexibility index (Phi) is 5.91. The summed E-state index contributed by atoms with van der Waals surface area (Å²) >= 11 is 5.99. The van der Waals surface area contributed by atoms with Crippen molar-refractivity contribution in [3.05, 3.63) is 59.1 Å². The number of carbonyl (C=O) groups is 2. The summed E-state index contributed by atoms with van der Waals surface area (Å²) in [5, 5.41) is 3.58. The summed E-state index contributed by atoms with van der Waals surface area (Å²) in [6.45, 7) is 1.68. The van der Waals surface area contributed by atoms with E-state index >= 15 is 0 Å². The van der Waals surface area contributed by atoms with Crippen molar-refractivity contribution in [3.63, 3.8) is 0 Å². The van der Waals surface area contributed by atoms with E-state index in [1.807, 2.05) is 60.5 Å². The first-order valence-electron chi connectivity index (χ1n) is 8.64. The van der Waals surface area contributed by atoms with Crippen LogP contribution in [0.1, 0.15) is 18.4 Å². The molecule has 2 aromatic rings. The van der Waals surface area contributed by atoms with E-state index in [0.717, 1.165) is 29.9 Å². The van der Waals surface area contributed by atoms with Crippen LogP contribution in [0.3, 0.4) is 0 Å². The van der Waals surface area contributed by atoms with Crippen LogP contribution in [0.15, 0.2) is 48.5 Å². The number of amides is 2. The van der Waals surface area contributed by atoms with Crippen molar-refractivity contribution >= 4 is 34.8 Å². The number of halogens is 1. The summed E-state index contributed by atoms with van der Waals surface area (Å²) < 4.78 is 0. The smallest absolute Gasteiger partial charge is 0.238 e. The van der Waals surface area contributed by atoms with E-state index in [1.165, 1.54) is 0 Å². The molecule has 1 heterocycles. The minimum absolute atomic E-state index is 0.0838. The third kappa shape index (κ3) is 4.84. The highest BCUT2D eigenvalue weighted by Crippen LogP contribution is 2.23. The van der Waals surface area contributed by atoms with Gasteiger partial charge in [0.2, 0.25) is 11.8 Å². The molecular weight excluding hydrogens is 350 g/mol. The number of anilines is 2. The molecule has 0 spiro atoms. The van der Waals surface area contributed by atoms with Gasteiger partial charge in [-0.3, -0.25) is 14.5 Å². The van der Waals surface area contributed by atoms with Crippen molar-refractivity contribution in [2.45, 2.75) is 19.4 Å². The summed E-state index contributed by atoms with van der Waals surface area (Å²) in [4.78, 5) is 27.7. The number of nitrogens with one attached hydrogen (secondary N) is 1. The summed E-state index contributed by atoms with van der Waals surface area (Å²) in [7, 11) is 1.89. The van der Waals surface area contributed by atoms with Crippen LogP contribution < -0.4 is 10.2 Å². The van der Waals surface area contributed by atoms with E-state index < -0.39 is 0 Å². The third-order valence-corrected chi connectivity index (χ3v) is 4.53. The minimum Gasteiger partial charge on any atom is -0.325 e. The van der Waals surface area contributed by atoms with Crippen molar-refractivity contribution in [1.29, 1.82) is 0 Å². The number of rotatable bonds is 6. The van der Waals surface area contributed by atoms with Crippen LogP contribution in [0.2, 0.25) is 5.02 Å². The van der Waals surface area contributed by atoms with Crippen molar-refractivity contribution in [3.8, 4) is 0 Å². The fourth-order valence-electron chi connectivity index (χ4n) is 3.09. The minimum atomic E-state index is -0.0838. The lowest BCUT2D eigenvalue weighted by atomic mass is 10.2. The Morgan fingerprint density at radius 2 is 2.00 bits per heavy atom. The van der Waals surface area contributed by atoms with Gasteiger partial charge in [-0.05, 0) is 55.4 Å². The highest BCUT2D eigenvalue weighted by molar-refractivity contribution is 6.30. The van der Waals surface area contributed by atoms with Crippen LogP contribution in [0, 0.1) is 0 Å². The Morgan fingerprint density at radius 3 is 2.65 bits per heavy atom. The van der Waals surface area contributed by atoms with Gasteiger partial charge in [-0.25, -0.2) is 0 Å². The van der Waals surface area contributed by atoms with Crippen LogP contribution in [0.5, 0.6) is 0 Å². The molecule has 2 amide bonds. The SMILES string of the molecule is CN(CC(=O)Nc1ccc(N2CCCC2=O)cc1)Cc1cccc(Cl)c1. The lowest BCUT2D eigenvalue weighted by Gasteiger charge is -2.18. The molecule has 0 atom stereocenters. The summed E-state index contributed by atoms with van der Waals surface area (Å²) in [6, 6.07) is 15.0. The van der Waals surface area contributed by atoms with Gasteiger partial charge < -0.3 is 10.2 Å². The fraction of sp³-hybridized carbons (Fsp3) is 0.300. The van der Waals surface area contributed by atoms with Crippen molar-refractivity contribution in [1.82, 2.24) is 4.90 Å². The van der Waals surface area contributed by atoms with Crippen LogP contribution >= 0.6 is 11.6 Å². The Bertz CT molecular complexity index is 792. The monoisotopic (exact) mass is 371 g/mol. The molecule has 0 unspecified atom stereocenters. The maximum absolute atomic E-state index is 12.2. The number of hydrogen-bond acceptors (Lipinski definition) is 3. The molecule has 1 saturated heterocycles. The van der Waals surface area contributed by atoms with Crippen LogP contribution in [-0.4, -0.2) is 36.9 Å². The first kappa shape index (κ1) is 18.4. The van der Waals surface area contributed by atoms with Gasteiger partial charge >= 0.3 is 0 Å². The van der Waals surface area contributed by atoms with Crippen molar-refractivity contribution in [2.75, 3.05) is 30.4 Å². The van der Waals surface area contributed by atoms with Crippen molar-refractivity contribution in [2.24, 2.45) is 0 Å². The fourth-order valence-corrected chi connectivity index (χ4v) is 3.31. The van der Waals surface area contributed by atoms with E-state index in [4.69, 9.17) is 11.6 Å². The lowest BCUT2D eigenvalue weighted by molar-refractivity contribution is -0.117. The zero-order valence-corrected chi connectivity index (χ0v) is 15.5. The Balaban J connectivity index is 1.52. The largest absolute Gasteiger partial charge is 0.325 e. The average Bonchev–Trinajstić information content (AvgIpc) is 3.01. The maximum atomic E-state index is 12.2. The summed E-state index contributed by atoms with van der Waals surface area (Å²) in [5.74, 6) is 0.0731. The molecule has 0 aromatic heterocycles. The molecule has 0 bridgehead atoms. The van der Waals surface area contributed by atoms with Crippen molar-refractivity contribution < 1.29 is 9.59 Å². The second-order valence-corrected chi connectivity index (χ2v) is 6.98.